The molecule has 2 atom stereocenters. The second-order valence-corrected chi connectivity index (χ2v) is 5.72. The SMILES string of the molecule is Cc1nc(OCC2CCCCC2CN)cc2n[nH]c(=O)n12. The lowest BCUT2D eigenvalue weighted by molar-refractivity contribution is 0.149. The van der Waals surface area contributed by atoms with Crippen LogP contribution in [0.4, 0.5) is 0 Å². The largest absolute Gasteiger partial charge is 0.477 e. The van der Waals surface area contributed by atoms with Crippen LogP contribution in [0.1, 0.15) is 31.5 Å². The highest BCUT2D eigenvalue weighted by Crippen LogP contribution is 2.29. The molecule has 7 nitrogen and oxygen atoms in total. The van der Waals surface area contributed by atoms with Crippen LogP contribution in [0.3, 0.4) is 0 Å². The lowest BCUT2D eigenvalue weighted by atomic mass is 9.80. The summed E-state index contributed by atoms with van der Waals surface area (Å²) in [5.41, 5.74) is 6.09. The van der Waals surface area contributed by atoms with Gasteiger partial charge in [-0.05, 0) is 38.1 Å². The fourth-order valence-electron chi connectivity index (χ4n) is 3.15. The van der Waals surface area contributed by atoms with Crippen LogP contribution in [0.25, 0.3) is 5.65 Å². The van der Waals surface area contributed by atoms with Crippen molar-refractivity contribution in [3.63, 3.8) is 0 Å². The monoisotopic (exact) mass is 291 g/mol. The van der Waals surface area contributed by atoms with Crippen molar-refractivity contribution in [3.8, 4) is 5.88 Å². The third kappa shape index (κ3) is 2.78. The van der Waals surface area contributed by atoms with Crippen molar-refractivity contribution in [1.82, 2.24) is 19.6 Å². The lowest BCUT2D eigenvalue weighted by Gasteiger charge is -2.30. The number of hydrogen-bond donors (Lipinski definition) is 2. The smallest absolute Gasteiger partial charge is 0.349 e. The maximum atomic E-state index is 11.5. The number of hydrogen-bond acceptors (Lipinski definition) is 5. The summed E-state index contributed by atoms with van der Waals surface area (Å²) in [4.78, 5) is 15.9. The lowest BCUT2D eigenvalue weighted by Crippen LogP contribution is -2.30. The van der Waals surface area contributed by atoms with E-state index in [9.17, 15) is 4.79 Å². The van der Waals surface area contributed by atoms with Gasteiger partial charge in [-0.2, -0.15) is 10.1 Å². The molecule has 1 saturated carbocycles. The van der Waals surface area contributed by atoms with E-state index in [2.05, 4.69) is 15.2 Å². The van der Waals surface area contributed by atoms with E-state index >= 15 is 0 Å². The third-order valence-electron chi connectivity index (χ3n) is 4.36. The van der Waals surface area contributed by atoms with Crippen LogP contribution in [0.15, 0.2) is 10.9 Å². The summed E-state index contributed by atoms with van der Waals surface area (Å²) in [5, 5.41) is 6.36. The highest BCUT2D eigenvalue weighted by Gasteiger charge is 2.24. The number of H-pyrrole nitrogens is 1. The van der Waals surface area contributed by atoms with Gasteiger partial charge in [0.2, 0.25) is 5.88 Å². The molecule has 114 valence electrons. The summed E-state index contributed by atoms with van der Waals surface area (Å²) in [6.45, 7) is 3.10. The normalized spacial score (nSPS) is 22.6. The van der Waals surface area contributed by atoms with Crippen LogP contribution in [-0.2, 0) is 0 Å². The number of nitrogens with zero attached hydrogens (tertiary/aromatic N) is 3. The number of aromatic nitrogens is 4. The highest BCUT2D eigenvalue weighted by atomic mass is 16.5. The second kappa shape index (κ2) is 5.85. The van der Waals surface area contributed by atoms with Gasteiger partial charge in [-0.1, -0.05) is 12.8 Å². The predicted molar refractivity (Wildman–Crippen MR) is 78.3 cm³/mol. The Morgan fingerprint density at radius 1 is 1.43 bits per heavy atom. The van der Waals surface area contributed by atoms with Gasteiger partial charge in [0.05, 0.1) is 6.61 Å². The molecule has 0 spiro atoms. The molecule has 2 aromatic heterocycles. The Hall–Kier alpha value is -1.89. The predicted octanol–water partition coefficient (Wildman–Crippen LogP) is 0.870. The minimum atomic E-state index is -0.281. The number of nitrogens with one attached hydrogen (secondary N) is 1. The van der Waals surface area contributed by atoms with Gasteiger partial charge in [-0.3, -0.25) is 0 Å². The Balaban J connectivity index is 1.74. The second-order valence-electron chi connectivity index (χ2n) is 5.72. The molecule has 2 unspecified atom stereocenters. The molecule has 3 rings (SSSR count). The number of aromatic amines is 1. The van der Waals surface area contributed by atoms with Gasteiger partial charge in [-0.15, -0.1) is 0 Å². The van der Waals surface area contributed by atoms with Gasteiger partial charge in [0, 0.05) is 6.07 Å². The maximum Gasteiger partial charge on any atom is 0.349 e. The molecule has 1 aliphatic carbocycles. The fraction of sp³-hybridized carbons (Fsp3) is 0.643. The van der Waals surface area contributed by atoms with Gasteiger partial charge < -0.3 is 10.5 Å². The molecular formula is C14H21N5O2. The minimum absolute atomic E-state index is 0.281. The van der Waals surface area contributed by atoms with E-state index in [1.807, 2.05) is 0 Å². The molecule has 0 amide bonds. The van der Waals surface area contributed by atoms with Crippen LogP contribution in [0.2, 0.25) is 0 Å². The zero-order valence-corrected chi connectivity index (χ0v) is 12.2. The summed E-state index contributed by atoms with van der Waals surface area (Å²) in [6, 6.07) is 1.69. The van der Waals surface area contributed by atoms with E-state index in [4.69, 9.17) is 10.5 Å². The molecule has 2 heterocycles. The van der Waals surface area contributed by atoms with E-state index in [1.54, 1.807) is 13.0 Å². The standard InChI is InChI=1S/C14H21N5O2/c1-9-16-13(6-12-17-18-14(20)19(9)12)21-8-11-5-3-2-4-10(11)7-15/h6,10-11H,2-5,7-8,15H2,1H3,(H,18,20). The van der Waals surface area contributed by atoms with Gasteiger partial charge in [-0.25, -0.2) is 14.3 Å². The van der Waals surface area contributed by atoms with Crippen LogP contribution in [-0.4, -0.2) is 32.7 Å². The van der Waals surface area contributed by atoms with Crippen molar-refractivity contribution < 1.29 is 4.74 Å². The Morgan fingerprint density at radius 2 is 2.19 bits per heavy atom. The number of nitrogens with two attached hydrogens (primary N) is 1. The first-order valence-corrected chi connectivity index (χ1v) is 7.46. The van der Waals surface area contributed by atoms with E-state index in [0.29, 0.717) is 42.3 Å². The average Bonchev–Trinajstić information content (AvgIpc) is 2.87. The molecule has 7 heteroatoms. The Bertz CT molecular complexity index is 678. The summed E-state index contributed by atoms with van der Waals surface area (Å²) < 4.78 is 7.27. The van der Waals surface area contributed by atoms with Gasteiger partial charge in [0.1, 0.15) is 5.82 Å². The minimum Gasteiger partial charge on any atom is -0.477 e. The van der Waals surface area contributed by atoms with Gasteiger partial charge in [0.25, 0.3) is 0 Å². The molecule has 3 N–H and O–H groups in total. The van der Waals surface area contributed by atoms with Crippen LogP contribution in [0.5, 0.6) is 5.88 Å². The Kier molecular flexibility index (Phi) is 3.92. The van der Waals surface area contributed by atoms with Crippen molar-refractivity contribution >= 4 is 5.65 Å². The fourth-order valence-corrected chi connectivity index (χ4v) is 3.15. The van der Waals surface area contributed by atoms with Crippen LogP contribution < -0.4 is 16.2 Å². The van der Waals surface area contributed by atoms with E-state index in [0.717, 1.165) is 6.42 Å². The number of ether oxygens (including phenoxy) is 1. The van der Waals surface area contributed by atoms with E-state index in [1.165, 1.54) is 23.7 Å². The molecule has 1 aliphatic rings. The topological polar surface area (TPSA) is 98.3 Å². The molecule has 0 aliphatic heterocycles. The first kappa shape index (κ1) is 14.1. The summed E-state index contributed by atoms with van der Waals surface area (Å²) in [6.07, 6.45) is 4.85. The van der Waals surface area contributed by atoms with Gasteiger partial charge in [0.15, 0.2) is 5.65 Å². The third-order valence-corrected chi connectivity index (χ3v) is 4.36. The highest BCUT2D eigenvalue weighted by molar-refractivity contribution is 5.40. The molecular weight excluding hydrogens is 270 g/mol. The van der Waals surface area contributed by atoms with Crippen molar-refractivity contribution in [2.24, 2.45) is 17.6 Å². The van der Waals surface area contributed by atoms with E-state index < -0.39 is 0 Å². The summed E-state index contributed by atoms with van der Waals surface area (Å²) >= 11 is 0. The number of aryl methyl sites for hydroxylation is 1. The zero-order chi connectivity index (χ0) is 14.8. The molecule has 2 aromatic rings. The molecule has 21 heavy (non-hydrogen) atoms. The first-order valence-electron chi connectivity index (χ1n) is 7.46. The van der Waals surface area contributed by atoms with Crippen molar-refractivity contribution in [2.45, 2.75) is 32.6 Å². The van der Waals surface area contributed by atoms with E-state index in [-0.39, 0.29) is 5.69 Å². The zero-order valence-electron chi connectivity index (χ0n) is 12.2. The quantitative estimate of drug-likeness (QED) is 0.871. The molecule has 1 fully saturated rings. The van der Waals surface area contributed by atoms with Crippen molar-refractivity contribution in [1.29, 1.82) is 0 Å². The number of fused-ring (bicyclic) bond motifs is 1. The van der Waals surface area contributed by atoms with Crippen LogP contribution in [0, 0.1) is 18.8 Å². The summed E-state index contributed by atoms with van der Waals surface area (Å²) in [5.74, 6) is 2.11. The van der Waals surface area contributed by atoms with Crippen LogP contribution >= 0.6 is 0 Å². The number of rotatable bonds is 4. The molecule has 0 bridgehead atoms. The van der Waals surface area contributed by atoms with Gasteiger partial charge >= 0.3 is 5.69 Å². The van der Waals surface area contributed by atoms with Crippen molar-refractivity contribution in [2.75, 3.05) is 13.2 Å². The van der Waals surface area contributed by atoms with Crippen molar-refractivity contribution in [3.05, 3.63) is 22.4 Å². The summed E-state index contributed by atoms with van der Waals surface area (Å²) in [7, 11) is 0. The maximum absolute atomic E-state index is 11.5. The molecule has 0 saturated heterocycles. The average molecular weight is 291 g/mol. The Morgan fingerprint density at radius 3 is 2.95 bits per heavy atom. The molecule has 0 aromatic carbocycles. The molecule has 0 radical (unpaired) electrons. The first-order chi connectivity index (χ1) is 10.2. The Labute approximate surface area is 122 Å².